The van der Waals surface area contributed by atoms with Crippen LogP contribution in [-0.4, -0.2) is 25.1 Å². The van der Waals surface area contributed by atoms with Crippen molar-refractivity contribution < 1.29 is 14.3 Å². The second kappa shape index (κ2) is 9.15. The Bertz CT molecular complexity index is 751. The highest BCUT2D eigenvalue weighted by atomic mass is 35.5. The zero-order chi connectivity index (χ0) is 18.2. The molecular formula is C17H17Cl2N3O3. The van der Waals surface area contributed by atoms with Crippen LogP contribution in [0.3, 0.4) is 0 Å². The lowest BCUT2D eigenvalue weighted by Crippen LogP contribution is -2.32. The quantitative estimate of drug-likeness (QED) is 0.657. The molecule has 0 atom stereocenters. The predicted octanol–water partition coefficient (Wildman–Crippen LogP) is 4.15. The molecule has 0 aliphatic carbocycles. The highest BCUT2D eigenvalue weighted by molar-refractivity contribution is 6.34. The summed E-state index contributed by atoms with van der Waals surface area (Å²) in [6.07, 6.45) is 0. The fraction of sp³-hybridized carbons (Fsp3) is 0.176. The van der Waals surface area contributed by atoms with Gasteiger partial charge in [-0.05, 0) is 42.5 Å². The number of ether oxygens (including phenoxy) is 1. The largest absolute Gasteiger partial charge is 0.492 e. The highest BCUT2D eigenvalue weighted by Gasteiger charge is 2.07. The number of carbonyl (C=O) groups is 2. The summed E-state index contributed by atoms with van der Waals surface area (Å²) >= 11 is 11.9. The number of nitrogens with one attached hydrogen (secondary N) is 3. The molecule has 3 amide bonds. The van der Waals surface area contributed by atoms with Gasteiger partial charge in [0.25, 0.3) is 0 Å². The van der Waals surface area contributed by atoms with Gasteiger partial charge in [-0.2, -0.15) is 0 Å². The first kappa shape index (κ1) is 18.9. The average Bonchev–Trinajstić information content (AvgIpc) is 2.55. The molecule has 0 bridgehead atoms. The molecule has 0 unspecified atom stereocenters. The molecule has 0 heterocycles. The van der Waals surface area contributed by atoms with Crippen molar-refractivity contribution in [2.75, 3.05) is 23.8 Å². The van der Waals surface area contributed by atoms with E-state index in [4.69, 9.17) is 27.9 Å². The van der Waals surface area contributed by atoms with Gasteiger partial charge in [0.05, 0.1) is 17.3 Å². The molecule has 25 heavy (non-hydrogen) atoms. The Morgan fingerprint density at radius 3 is 2.40 bits per heavy atom. The van der Waals surface area contributed by atoms with Gasteiger partial charge in [0, 0.05) is 17.6 Å². The van der Waals surface area contributed by atoms with Crippen molar-refractivity contribution >= 4 is 46.5 Å². The molecule has 0 aliphatic rings. The second-order valence-electron chi connectivity index (χ2n) is 5.06. The van der Waals surface area contributed by atoms with Gasteiger partial charge in [0.1, 0.15) is 12.4 Å². The standard InChI is InChI=1S/C17H17Cl2N3O3/c1-11(23)21-13-4-7-16(15(19)10-13)22-17(24)20-8-9-25-14-5-2-12(18)3-6-14/h2-7,10H,8-9H2,1H3,(H,21,23)(H2,20,22,24). The van der Waals surface area contributed by atoms with Crippen LogP contribution in [0.5, 0.6) is 5.75 Å². The van der Waals surface area contributed by atoms with E-state index in [9.17, 15) is 9.59 Å². The molecule has 0 saturated carbocycles. The first-order chi connectivity index (χ1) is 11.9. The van der Waals surface area contributed by atoms with E-state index < -0.39 is 6.03 Å². The normalized spacial score (nSPS) is 10.0. The minimum absolute atomic E-state index is 0.199. The summed E-state index contributed by atoms with van der Waals surface area (Å²) in [4.78, 5) is 22.9. The zero-order valence-corrected chi connectivity index (χ0v) is 14.9. The van der Waals surface area contributed by atoms with Crippen LogP contribution in [0.2, 0.25) is 10.0 Å². The first-order valence-corrected chi connectivity index (χ1v) is 8.20. The van der Waals surface area contributed by atoms with Crippen LogP contribution in [0, 0.1) is 0 Å². The number of carbonyl (C=O) groups excluding carboxylic acids is 2. The van der Waals surface area contributed by atoms with Crippen LogP contribution in [0.1, 0.15) is 6.92 Å². The lowest BCUT2D eigenvalue weighted by molar-refractivity contribution is -0.114. The molecule has 0 fully saturated rings. The van der Waals surface area contributed by atoms with Crippen LogP contribution < -0.4 is 20.7 Å². The van der Waals surface area contributed by atoms with E-state index >= 15 is 0 Å². The smallest absolute Gasteiger partial charge is 0.319 e. The van der Waals surface area contributed by atoms with Gasteiger partial charge < -0.3 is 20.7 Å². The third-order valence-corrected chi connectivity index (χ3v) is 3.57. The van der Waals surface area contributed by atoms with E-state index in [0.29, 0.717) is 40.3 Å². The highest BCUT2D eigenvalue weighted by Crippen LogP contribution is 2.25. The topological polar surface area (TPSA) is 79.5 Å². The monoisotopic (exact) mass is 381 g/mol. The molecule has 2 rings (SSSR count). The Labute approximate surface area is 155 Å². The molecule has 0 aliphatic heterocycles. The molecular weight excluding hydrogens is 365 g/mol. The number of urea groups is 1. The SMILES string of the molecule is CC(=O)Nc1ccc(NC(=O)NCCOc2ccc(Cl)cc2)c(Cl)c1. The third-order valence-electron chi connectivity index (χ3n) is 3.01. The van der Waals surface area contributed by atoms with Crippen LogP contribution in [0.4, 0.5) is 16.2 Å². The second-order valence-corrected chi connectivity index (χ2v) is 5.90. The summed E-state index contributed by atoms with van der Waals surface area (Å²) in [5, 5.41) is 8.85. The minimum atomic E-state index is -0.408. The van der Waals surface area contributed by atoms with Gasteiger partial charge in [0.2, 0.25) is 5.91 Å². The van der Waals surface area contributed by atoms with Gasteiger partial charge in [-0.1, -0.05) is 23.2 Å². The molecule has 8 heteroatoms. The maximum atomic E-state index is 11.9. The molecule has 0 spiro atoms. The molecule has 0 aromatic heterocycles. The Morgan fingerprint density at radius 2 is 1.76 bits per heavy atom. The minimum Gasteiger partial charge on any atom is -0.492 e. The van der Waals surface area contributed by atoms with Crippen molar-refractivity contribution in [3.8, 4) is 5.75 Å². The van der Waals surface area contributed by atoms with Crippen LogP contribution in [0.25, 0.3) is 0 Å². The van der Waals surface area contributed by atoms with E-state index in [2.05, 4.69) is 16.0 Å². The van der Waals surface area contributed by atoms with Gasteiger partial charge in [0.15, 0.2) is 0 Å². The third kappa shape index (κ3) is 6.52. The molecule has 6 nitrogen and oxygen atoms in total. The van der Waals surface area contributed by atoms with Gasteiger partial charge in [-0.15, -0.1) is 0 Å². The Morgan fingerprint density at radius 1 is 1.04 bits per heavy atom. The number of amides is 3. The molecule has 132 valence electrons. The summed E-state index contributed by atoms with van der Waals surface area (Å²) in [6, 6.07) is 11.4. The van der Waals surface area contributed by atoms with Crippen molar-refractivity contribution in [3.05, 3.63) is 52.5 Å². The Kier molecular flexibility index (Phi) is 6.91. The average molecular weight is 382 g/mol. The van der Waals surface area contributed by atoms with Crippen LogP contribution >= 0.6 is 23.2 Å². The summed E-state index contributed by atoms with van der Waals surface area (Å²) in [5.74, 6) is 0.471. The van der Waals surface area contributed by atoms with E-state index in [1.807, 2.05) is 0 Å². The number of rotatable bonds is 6. The Hall–Kier alpha value is -2.44. The van der Waals surface area contributed by atoms with Gasteiger partial charge >= 0.3 is 6.03 Å². The Balaban J connectivity index is 1.76. The fourth-order valence-electron chi connectivity index (χ4n) is 1.93. The van der Waals surface area contributed by atoms with Crippen molar-refractivity contribution in [2.45, 2.75) is 6.92 Å². The maximum Gasteiger partial charge on any atom is 0.319 e. The fourth-order valence-corrected chi connectivity index (χ4v) is 2.28. The summed E-state index contributed by atoms with van der Waals surface area (Å²) in [7, 11) is 0. The van der Waals surface area contributed by atoms with Crippen molar-refractivity contribution in [1.82, 2.24) is 5.32 Å². The van der Waals surface area contributed by atoms with Crippen molar-refractivity contribution in [1.29, 1.82) is 0 Å². The molecule has 2 aromatic carbocycles. The summed E-state index contributed by atoms with van der Waals surface area (Å²) in [5.41, 5.74) is 0.992. The van der Waals surface area contributed by atoms with Crippen molar-refractivity contribution in [3.63, 3.8) is 0 Å². The number of benzene rings is 2. The lowest BCUT2D eigenvalue weighted by Gasteiger charge is -2.11. The van der Waals surface area contributed by atoms with Crippen LogP contribution in [0.15, 0.2) is 42.5 Å². The van der Waals surface area contributed by atoms with Crippen molar-refractivity contribution in [2.24, 2.45) is 0 Å². The predicted molar refractivity (Wildman–Crippen MR) is 99.7 cm³/mol. The first-order valence-electron chi connectivity index (χ1n) is 7.44. The van der Waals surface area contributed by atoms with E-state index in [0.717, 1.165) is 0 Å². The maximum absolute atomic E-state index is 11.9. The number of hydrogen-bond donors (Lipinski definition) is 3. The molecule has 3 N–H and O–H groups in total. The molecule has 0 radical (unpaired) electrons. The molecule has 2 aromatic rings. The summed E-state index contributed by atoms with van der Waals surface area (Å²) < 4.78 is 5.47. The van der Waals surface area contributed by atoms with E-state index in [-0.39, 0.29) is 5.91 Å². The van der Waals surface area contributed by atoms with E-state index in [1.165, 1.54) is 6.92 Å². The number of halogens is 2. The van der Waals surface area contributed by atoms with Gasteiger partial charge in [-0.25, -0.2) is 4.79 Å². The number of anilines is 2. The van der Waals surface area contributed by atoms with Gasteiger partial charge in [-0.3, -0.25) is 4.79 Å². The lowest BCUT2D eigenvalue weighted by atomic mass is 10.2. The number of hydrogen-bond acceptors (Lipinski definition) is 3. The van der Waals surface area contributed by atoms with E-state index in [1.54, 1.807) is 42.5 Å². The summed E-state index contributed by atoms with van der Waals surface area (Å²) in [6.45, 7) is 2.03. The van der Waals surface area contributed by atoms with Crippen LogP contribution in [-0.2, 0) is 4.79 Å². The zero-order valence-electron chi connectivity index (χ0n) is 13.4. The molecule has 0 saturated heterocycles.